The molecule has 114 valence electrons. The molecule has 21 heavy (non-hydrogen) atoms. The minimum absolute atomic E-state index is 0.0217. The van der Waals surface area contributed by atoms with Gasteiger partial charge in [0.25, 0.3) is 5.91 Å². The molecule has 1 saturated carbocycles. The summed E-state index contributed by atoms with van der Waals surface area (Å²) in [6.45, 7) is 0.110. The predicted octanol–water partition coefficient (Wildman–Crippen LogP) is 3.23. The molecule has 5 nitrogen and oxygen atoms in total. The van der Waals surface area contributed by atoms with Gasteiger partial charge in [-0.1, -0.05) is 29.6 Å². The lowest BCUT2D eigenvalue weighted by atomic mass is 10.1. The average molecular weight is 375 g/mol. The van der Waals surface area contributed by atoms with E-state index in [-0.39, 0.29) is 24.3 Å². The third kappa shape index (κ3) is 3.89. The van der Waals surface area contributed by atoms with Crippen molar-refractivity contribution in [1.29, 1.82) is 0 Å². The number of carbonyl (C=O) groups excluding carboxylic acids is 1. The average Bonchev–Trinajstić information content (AvgIpc) is 3.00. The number of rotatable bonds is 4. The minimum Gasteiger partial charge on any atom is -0.409 e. The van der Waals surface area contributed by atoms with Crippen LogP contribution in [0.1, 0.15) is 36.0 Å². The van der Waals surface area contributed by atoms with Crippen LogP contribution in [0.15, 0.2) is 27.8 Å². The lowest BCUT2D eigenvalue weighted by Gasteiger charge is -2.29. The monoisotopic (exact) mass is 373 g/mol. The molecule has 3 N–H and O–H groups in total. The van der Waals surface area contributed by atoms with Crippen molar-refractivity contribution in [2.75, 3.05) is 6.54 Å². The standard InChI is InChI=1S/C14H17BrClN3O2/c15-12-6-5-9(16)7-11(12)14(20)19(8-13(17)18-21)10-3-1-2-4-10/h5-7,10,21H,1-4,8H2,(H2,17,18). The molecule has 0 bridgehead atoms. The van der Waals surface area contributed by atoms with Crippen molar-refractivity contribution >= 4 is 39.3 Å². The van der Waals surface area contributed by atoms with E-state index in [2.05, 4.69) is 21.1 Å². The minimum atomic E-state index is -0.164. The smallest absolute Gasteiger partial charge is 0.255 e. The molecule has 0 saturated heterocycles. The molecule has 0 atom stereocenters. The number of halogens is 2. The Morgan fingerprint density at radius 1 is 1.48 bits per heavy atom. The van der Waals surface area contributed by atoms with E-state index >= 15 is 0 Å². The summed E-state index contributed by atoms with van der Waals surface area (Å²) in [6, 6.07) is 5.20. The fraction of sp³-hybridized carbons (Fsp3) is 0.429. The van der Waals surface area contributed by atoms with Gasteiger partial charge in [0.1, 0.15) is 0 Å². The van der Waals surface area contributed by atoms with Crippen LogP contribution in [0.2, 0.25) is 5.02 Å². The molecule has 1 amide bonds. The predicted molar refractivity (Wildman–Crippen MR) is 85.9 cm³/mol. The molecule has 0 aliphatic heterocycles. The number of carbonyl (C=O) groups is 1. The zero-order valence-corrected chi connectivity index (χ0v) is 13.8. The van der Waals surface area contributed by atoms with Crippen LogP contribution >= 0.6 is 27.5 Å². The zero-order valence-electron chi connectivity index (χ0n) is 11.4. The van der Waals surface area contributed by atoms with Crippen molar-refractivity contribution in [3.63, 3.8) is 0 Å². The van der Waals surface area contributed by atoms with Crippen LogP contribution in [0.4, 0.5) is 0 Å². The molecule has 1 aliphatic carbocycles. The van der Waals surface area contributed by atoms with Gasteiger partial charge in [0.15, 0.2) is 5.84 Å². The second-order valence-electron chi connectivity index (χ2n) is 5.09. The molecule has 0 radical (unpaired) electrons. The van der Waals surface area contributed by atoms with Crippen LogP contribution in [0, 0.1) is 0 Å². The molecule has 1 fully saturated rings. The Morgan fingerprint density at radius 3 is 2.76 bits per heavy atom. The van der Waals surface area contributed by atoms with E-state index in [1.165, 1.54) is 0 Å². The molecule has 0 heterocycles. The SMILES string of the molecule is N/C(CN(C(=O)c1cc(Cl)ccc1Br)C1CCCC1)=N/O. The molecule has 2 rings (SSSR count). The second kappa shape index (κ2) is 7.13. The van der Waals surface area contributed by atoms with Crippen molar-refractivity contribution in [2.45, 2.75) is 31.7 Å². The second-order valence-corrected chi connectivity index (χ2v) is 6.38. The molecule has 0 spiro atoms. The van der Waals surface area contributed by atoms with Gasteiger partial charge in [0, 0.05) is 15.5 Å². The van der Waals surface area contributed by atoms with E-state index < -0.39 is 0 Å². The van der Waals surface area contributed by atoms with Gasteiger partial charge in [-0.15, -0.1) is 0 Å². The first kappa shape index (κ1) is 16.1. The van der Waals surface area contributed by atoms with Gasteiger partial charge >= 0.3 is 0 Å². The van der Waals surface area contributed by atoms with Crippen LogP contribution in [-0.4, -0.2) is 34.4 Å². The molecule has 1 aliphatic rings. The first-order valence-electron chi connectivity index (χ1n) is 6.75. The summed E-state index contributed by atoms with van der Waals surface area (Å²) in [7, 11) is 0. The molecule has 1 aromatic rings. The number of amides is 1. The summed E-state index contributed by atoms with van der Waals surface area (Å²) in [4.78, 5) is 14.5. The summed E-state index contributed by atoms with van der Waals surface area (Å²) in [5.41, 5.74) is 6.08. The third-order valence-electron chi connectivity index (χ3n) is 3.65. The molecule has 0 aromatic heterocycles. The molecule has 1 aromatic carbocycles. The number of benzene rings is 1. The van der Waals surface area contributed by atoms with Crippen molar-refractivity contribution in [1.82, 2.24) is 4.90 Å². The third-order valence-corrected chi connectivity index (χ3v) is 4.57. The normalized spacial score (nSPS) is 16.2. The Hall–Kier alpha value is -1.27. The Bertz CT molecular complexity index is 559. The van der Waals surface area contributed by atoms with Crippen LogP contribution in [-0.2, 0) is 0 Å². The van der Waals surface area contributed by atoms with E-state index in [0.29, 0.717) is 15.1 Å². The van der Waals surface area contributed by atoms with Gasteiger partial charge in [-0.05, 0) is 47.0 Å². The first-order valence-corrected chi connectivity index (χ1v) is 7.92. The maximum absolute atomic E-state index is 12.8. The van der Waals surface area contributed by atoms with Crippen molar-refractivity contribution < 1.29 is 10.0 Å². The van der Waals surface area contributed by atoms with E-state index in [1.54, 1.807) is 23.1 Å². The van der Waals surface area contributed by atoms with E-state index in [9.17, 15) is 4.79 Å². The Kier molecular flexibility index (Phi) is 5.47. The van der Waals surface area contributed by atoms with Crippen molar-refractivity contribution in [2.24, 2.45) is 10.9 Å². The first-order chi connectivity index (χ1) is 10.0. The molecule has 0 unspecified atom stereocenters. The quantitative estimate of drug-likeness (QED) is 0.367. The maximum Gasteiger partial charge on any atom is 0.255 e. The van der Waals surface area contributed by atoms with Gasteiger partial charge in [0.05, 0.1) is 12.1 Å². The summed E-state index contributed by atoms with van der Waals surface area (Å²) in [5.74, 6) is -0.142. The number of hydrogen-bond acceptors (Lipinski definition) is 3. The van der Waals surface area contributed by atoms with E-state index in [4.69, 9.17) is 22.5 Å². The Labute approximate surface area is 136 Å². The highest BCUT2D eigenvalue weighted by molar-refractivity contribution is 9.10. The van der Waals surface area contributed by atoms with Crippen molar-refractivity contribution in [3.8, 4) is 0 Å². The lowest BCUT2D eigenvalue weighted by Crippen LogP contribution is -2.44. The van der Waals surface area contributed by atoms with Gasteiger partial charge in [-0.3, -0.25) is 4.79 Å². The Balaban J connectivity index is 2.30. The van der Waals surface area contributed by atoms with Crippen molar-refractivity contribution in [3.05, 3.63) is 33.3 Å². The topological polar surface area (TPSA) is 78.9 Å². The van der Waals surface area contributed by atoms with Gasteiger partial charge in [-0.25, -0.2) is 0 Å². The van der Waals surface area contributed by atoms with Gasteiger partial charge in [0.2, 0.25) is 0 Å². The largest absolute Gasteiger partial charge is 0.409 e. The van der Waals surface area contributed by atoms with Crippen LogP contribution < -0.4 is 5.73 Å². The molecule has 7 heteroatoms. The van der Waals surface area contributed by atoms with Gasteiger partial charge < -0.3 is 15.8 Å². The van der Waals surface area contributed by atoms with E-state index in [1.807, 2.05) is 0 Å². The maximum atomic E-state index is 12.8. The highest BCUT2D eigenvalue weighted by Gasteiger charge is 2.29. The summed E-state index contributed by atoms with van der Waals surface area (Å²) in [6.07, 6.45) is 4.04. The number of hydrogen-bond donors (Lipinski definition) is 2. The van der Waals surface area contributed by atoms with Crippen LogP contribution in [0.5, 0.6) is 0 Å². The van der Waals surface area contributed by atoms with Crippen LogP contribution in [0.3, 0.4) is 0 Å². The molecular formula is C14H17BrClN3O2. The fourth-order valence-electron chi connectivity index (χ4n) is 2.60. The number of amidine groups is 1. The number of nitrogens with zero attached hydrogens (tertiary/aromatic N) is 2. The van der Waals surface area contributed by atoms with Crippen LogP contribution in [0.25, 0.3) is 0 Å². The summed E-state index contributed by atoms with van der Waals surface area (Å²) >= 11 is 9.35. The highest BCUT2D eigenvalue weighted by atomic mass is 79.9. The summed E-state index contributed by atoms with van der Waals surface area (Å²) < 4.78 is 0.680. The van der Waals surface area contributed by atoms with Gasteiger partial charge in [-0.2, -0.15) is 0 Å². The lowest BCUT2D eigenvalue weighted by molar-refractivity contribution is 0.0711. The summed E-state index contributed by atoms with van der Waals surface area (Å²) in [5, 5.41) is 12.2. The molecular weight excluding hydrogens is 358 g/mol. The fourth-order valence-corrected chi connectivity index (χ4v) is 3.19. The zero-order chi connectivity index (χ0) is 15.4. The van der Waals surface area contributed by atoms with E-state index in [0.717, 1.165) is 25.7 Å². The highest BCUT2D eigenvalue weighted by Crippen LogP contribution is 2.28. The Morgan fingerprint density at radius 2 is 2.14 bits per heavy atom. The number of nitrogens with two attached hydrogens (primary N) is 1. The number of oxime groups is 1.